The molecular weight excluding hydrogens is 449 g/mol. The lowest BCUT2D eigenvalue weighted by atomic mass is 9.82. The summed E-state index contributed by atoms with van der Waals surface area (Å²) in [5.41, 5.74) is 1.48. The summed E-state index contributed by atoms with van der Waals surface area (Å²) in [7, 11) is 0. The Hall–Kier alpha value is -2.85. The molecule has 2 fully saturated rings. The van der Waals surface area contributed by atoms with Crippen LogP contribution in [0.5, 0.6) is 5.88 Å². The Morgan fingerprint density at radius 3 is 2.41 bits per heavy atom. The van der Waals surface area contributed by atoms with E-state index in [0.717, 1.165) is 38.4 Å². The second-order valence-corrected chi connectivity index (χ2v) is 9.84. The molecule has 11 heteroatoms. The number of anilines is 1. The Morgan fingerprint density at radius 1 is 1.12 bits per heavy atom. The van der Waals surface area contributed by atoms with Crippen molar-refractivity contribution in [3.05, 3.63) is 29.3 Å². The molecule has 2 aliphatic rings. The lowest BCUT2D eigenvalue weighted by Gasteiger charge is -2.36. The van der Waals surface area contributed by atoms with Gasteiger partial charge in [0, 0.05) is 25.6 Å². The van der Waals surface area contributed by atoms with Crippen molar-refractivity contribution >= 4 is 11.7 Å². The number of hydrogen-bond acceptors (Lipinski definition) is 7. The number of hydrogen-bond donors (Lipinski definition) is 0. The molecule has 1 aliphatic heterocycles. The molecule has 34 heavy (non-hydrogen) atoms. The fourth-order valence-corrected chi connectivity index (χ4v) is 5.33. The predicted octanol–water partition coefficient (Wildman–Crippen LogP) is 4.58. The summed E-state index contributed by atoms with van der Waals surface area (Å²) in [6, 6.07) is 3.91. The summed E-state index contributed by atoms with van der Waals surface area (Å²) < 4.78 is 51.4. The average molecular weight is 479 g/mol. The summed E-state index contributed by atoms with van der Waals surface area (Å²) in [6.07, 6.45) is -3.50. The van der Waals surface area contributed by atoms with Gasteiger partial charge in [0.2, 0.25) is 5.88 Å². The Bertz CT molecular complexity index is 1160. The van der Waals surface area contributed by atoms with Crippen LogP contribution in [-0.4, -0.2) is 50.1 Å². The van der Waals surface area contributed by atoms with Crippen molar-refractivity contribution in [3.8, 4) is 5.88 Å². The molecule has 0 aromatic carbocycles. The van der Waals surface area contributed by atoms with E-state index in [1.807, 2.05) is 20.8 Å². The number of aryl methyl sites for hydroxylation is 1. The Balaban J connectivity index is 1.40. The van der Waals surface area contributed by atoms with Crippen LogP contribution in [0.15, 0.2) is 16.7 Å². The Labute approximate surface area is 195 Å². The highest BCUT2D eigenvalue weighted by Crippen LogP contribution is 2.44. The van der Waals surface area contributed by atoms with Gasteiger partial charge in [-0.1, -0.05) is 19.0 Å². The lowest BCUT2D eigenvalue weighted by molar-refractivity contribution is -0.190. The zero-order valence-corrected chi connectivity index (χ0v) is 19.7. The fourth-order valence-electron chi connectivity index (χ4n) is 5.33. The largest absolute Gasteiger partial charge is 0.465 e. The Morgan fingerprint density at radius 2 is 1.82 bits per heavy atom. The molecule has 0 amide bonds. The van der Waals surface area contributed by atoms with Gasteiger partial charge in [0.05, 0.1) is 0 Å². The van der Waals surface area contributed by atoms with Crippen molar-refractivity contribution in [2.24, 2.45) is 17.8 Å². The molecule has 1 aliphatic carbocycles. The van der Waals surface area contributed by atoms with Crippen LogP contribution in [0.1, 0.15) is 56.7 Å². The summed E-state index contributed by atoms with van der Waals surface area (Å²) in [5, 5.41) is 8.53. The third-order valence-corrected chi connectivity index (χ3v) is 7.14. The van der Waals surface area contributed by atoms with Crippen molar-refractivity contribution in [1.82, 2.24) is 24.7 Å². The molecule has 5 rings (SSSR count). The normalized spacial score (nSPS) is 23.8. The zero-order chi connectivity index (χ0) is 24.2. The summed E-state index contributed by atoms with van der Waals surface area (Å²) in [4.78, 5) is 11.3. The van der Waals surface area contributed by atoms with Gasteiger partial charge in [0.1, 0.15) is 0 Å². The molecule has 1 unspecified atom stereocenters. The van der Waals surface area contributed by atoms with Gasteiger partial charge in [-0.15, -0.1) is 5.10 Å². The number of fused-ring (bicyclic) bond motifs is 3. The van der Waals surface area contributed by atoms with Crippen molar-refractivity contribution in [1.29, 1.82) is 0 Å². The molecule has 1 saturated heterocycles. The number of piperidine rings is 1. The maximum atomic E-state index is 13.1. The van der Waals surface area contributed by atoms with E-state index >= 15 is 0 Å². The minimum Gasteiger partial charge on any atom is -0.465 e. The van der Waals surface area contributed by atoms with E-state index in [2.05, 4.69) is 20.1 Å². The molecular formula is C23H29F3N6O2. The summed E-state index contributed by atoms with van der Waals surface area (Å²) in [5.74, 6) is 2.75. The molecule has 2 bridgehead atoms. The third kappa shape index (κ3) is 4.20. The van der Waals surface area contributed by atoms with E-state index in [1.165, 1.54) is 4.52 Å². The molecule has 184 valence electrons. The molecule has 3 aromatic rings. The maximum absolute atomic E-state index is 13.1. The topological polar surface area (TPSA) is 81.6 Å². The first-order chi connectivity index (χ1) is 16.1. The monoisotopic (exact) mass is 478 g/mol. The first kappa shape index (κ1) is 22.9. The van der Waals surface area contributed by atoms with Gasteiger partial charge in [-0.2, -0.15) is 22.7 Å². The number of alkyl halides is 3. The van der Waals surface area contributed by atoms with Gasteiger partial charge in [0.25, 0.3) is 0 Å². The number of aromatic nitrogens is 5. The Kier molecular flexibility index (Phi) is 5.68. The smallest absolute Gasteiger partial charge is 0.425 e. The zero-order valence-electron chi connectivity index (χ0n) is 19.7. The minimum atomic E-state index is -4.46. The first-order valence-corrected chi connectivity index (χ1v) is 11.8. The number of rotatable bonds is 6. The average Bonchev–Trinajstić information content (AvgIpc) is 3.43. The van der Waals surface area contributed by atoms with E-state index in [0.29, 0.717) is 47.5 Å². The van der Waals surface area contributed by atoms with Gasteiger partial charge >= 0.3 is 12.2 Å². The van der Waals surface area contributed by atoms with Crippen LogP contribution in [0.2, 0.25) is 0 Å². The predicted molar refractivity (Wildman–Crippen MR) is 118 cm³/mol. The van der Waals surface area contributed by atoms with Gasteiger partial charge in [-0.25, -0.2) is 4.98 Å². The second kappa shape index (κ2) is 8.42. The van der Waals surface area contributed by atoms with Gasteiger partial charge in [-0.3, -0.25) is 0 Å². The van der Waals surface area contributed by atoms with Gasteiger partial charge in [-0.05, 0) is 62.0 Å². The van der Waals surface area contributed by atoms with E-state index in [1.54, 1.807) is 12.1 Å². The molecule has 1 saturated carbocycles. The van der Waals surface area contributed by atoms with E-state index in [9.17, 15) is 13.2 Å². The third-order valence-electron chi connectivity index (χ3n) is 7.14. The quantitative estimate of drug-likeness (QED) is 0.513. The summed E-state index contributed by atoms with van der Waals surface area (Å²) in [6.45, 7) is 8.53. The second-order valence-electron chi connectivity index (χ2n) is 9.84. The standard InChI is InChI=1S/C23H29F3N6O2/c1-12(2)17-7-8-20(33-13(3)23(24,25)26)32-21(17)28-19(29-32)9-18-15-5-6-16(18)11-31(10-15)22-27-14(4)30-34-22/h7-8,12-13,15-16,18H,5-6,9-11H2,1-4H3/t13-,15-,16+,18?/m0/s1. The molecule has 0 radical (unpaired) electrons. The number of halogens is 3. The molecule has 8 nitrogen and oxygen atoms in total. The molecule has 3 aromatic heterocycles. The first-order valence-electron chi connectivity index (χ1n) is 11.8. The molecule has 4 heterocycles. The van der Waals surface area contributed by atoms with Crippen LogP contribution in [0.4, 0.5) is 19.2 Å². The van der Waals surface area contributed by atoms with Crippen LogP contribution in [0, 0.1) is 24.7 Å². The molecule has 4 atom stereocenters. The van der Waals surface area contributed by atoms with E-state index < -0.39 is 12.3 Å². The van der Waals surface area contributed by atoms with Crippen LogP contribution < -0.4 is 9.64 Å². The van der Waals surface area contributed by atoms with Crippen molar-refractivity contribution < 1.29 is 22.4 Å². The van der Waals surface area contributed by atoms with Crippen molar-refractivity contribution in [2.75, 3.05) is 18.0 Å². The number of ether oxygens (including phenoxy) is 1. The minimum absolute atomic E-state index is 0.0486. The molecule has 0 spiro atoms. The van der Waals surface area contributed by atoms with Crippen LogP contribution in [0.3, 0.4) is 0 Å². The van der Waals surface area contributed by atoms with Gasteiger partial charge in [0.15, 0.2) is 23.4 Å². The van der Waals surface area contributed by atoms with Crippen molar-refractivity contribution in [2.45, 2.75) is 65.2 Å². The van der Waals surface area contributed by atoms with Crippen LogP contribution in [-0.2, 0) is 6.42 Å². The highest BCUT2D eigenvalue weighted by Gasteiger charge is 2.44. The highest BCUT2D eigenvalue weighted by molar-refractivity contribution is 5.51. The molecule has 0 N–H and O–H groups in total. The van der Waals surface area contributed by atoms with Crippen molar-refractivity contribution in [3.63, 3.8) is 0 Å². The van der Waals surface area contributed by atoms with E-state index in [4.69, 9.17) is 14.2 Å². The number of nitrogens with zero attached hydrogens (tertiary/aromatic N) is 6. The maximum Gasteiger partial charge on any atom is 0.425 e. The van der Waals surface area contributed by atoms with Crippen LogP contribution >= 0.6 is 0 Å². The fraction of sp³-hybridized carbons (Fsp3) is 0.652. The summed E-state index contributed by atoms with van der Waals surface area (Å²) >= 11 is 0. The lowest BCUT2D eigenvalue weighted by Crippen LogP contribution is -2.43. The SMILES string of the molecule is Cc1noc(N2C[C@H]3CC[C@@H](C2)C3Cc2nc3c(C(C)C)ccc(O[C@@H](C)C(F)(F)F)n3n2)n1. The van der Waals surface area contributed by atoms with Gasteiger partial charge < -0.3 is 14.2 Å². The highest BCUT2D eigenvalue weighted by atomic mass is 19.4. The van der Waals surface area contributed by atoms with Crippen LogP contribution in [0.25, 0.3) is 5.65 Å². The number of pyridine rings is 1. The van der Waals surface area contributed by atoms with E-state index in [-0.39, 0.29) is 11.8 Å².